The van der Waals surface area contributed by atoms with Gasteiger partial charge in [0.25, 0.3) is 10.0 Å². The van der Waals surface area contributed by atoms with Crippen LogP contribution in [0.3, 0.4) is 0 Å². The Balaban J connectivity index is 2.01. The number of hydrogen-bond acceptors (Lipinski definition) is 8. The molecule has 2 aromatic heterocycles. The Labute approximate surface area is 142 Å². The molecule has 0 fully saturated rings. The lowest BCUT2D eigenvalue weighted by molar-refractivity contribution is -0.116. The van der Waals surface area contributed by atoms with Crippen LogP contribution in [0.5, 0.6) is 0 Å². The molecule has 2 heterocycles. The molecule has 2 N–H and O–H groups in total. The second kappa shape index (κ2) is 7.11. The number of nitrogens with two attached hydrogens (primary N) is 1. The first-order valence-electron chi connectivity index (χ1n) is 6.74. The average molecular weight is 373 g/mol. The van der Waals surface area contributed by atoms with Crippen LogP contribution in [0.2, 0.25) is 0 Å². The lowest BCUT2D eigenvalue weighted by Gasteiger charge is -2.14. The number of carbonyl (C=O) groups excluding carboxylic acids is 2. The number of hydrogen-bond donors (Lipinski definition) is 1. The third-order valence-corrected chi connectivity index (χ3v) is 4.57. The van der Waals surface area contributed by atoms with Gasteiger partial charge in [-0.1, -0.05) is 0 Å². The third kappa shape index (κ3) is 4.19. The van der Waals surface area contributed by atoms with Crippen LogP contribution in [-0.4, -0.2) is 31.8 Å². The van der Waals surface area contributed by atoms with E-state index in [0.717, 1.165) is 12.1 Å². The van der Waals surface area contributed by atoms with Gasteiger partial charge in [0, 0.05) is 18.8 Å². The van der Waals surface area contributed by atoms with Crippen molar-refractivity contribution in [2.75, 3.05) is 11.4 Å². The molecule has 0 atom stereocenters. The summed E-state index contributed by atoms with van der Waals surface area (Å²) in [5, 5.41) is 6.53. The number of esters is 1. The van der Waals surface area contributed by atoms with Crippen molar-refractivity contribution in [3.8, 4) is 0 Å². The van der Waals surface area contributed by atoms with E-state index in [1.807, 2.05) is 6.92 Å². The van der Waals surface area contributed by atoms with E-state index < -0.39 is 21.1 Å². The van der Waals surface area contributed by atoms with Crippen molar-refractivity contribution in [2.45, 2.75) is 25.5 Å². The lowest BCUT2D eigenvalue weighted by Crippen LogP contribution is -2.27. The fraction of sp³-hybridized carbons (Fsp3) is 0.308. The highest BCUT2D eigenvalue weighted by Crippen LogP contribution is 2.21. The summed E-state index contributed by atoms with van der Waals surface area (Å²) in [5.74, 6) is -1.27. The molecule has 0 aliphatic rings. The number of carbonyl (C=O) groups is 2. The van der Waals surface area contributed by atoms with Gasteiger partial charge in [-0.25, -0.2) is 23.3 Å². The first kappa shape index (κ1) is 18.1. The third-order valence-electron chi connectivity index (χ3n) is 2.88. The van der Waals surface area contributed by atoms with Crippen LogP contribution >= 0.6 is 11.3 Å². The van der Waals surface area contributed by atoms with Crippen LogP contribution in [0.1, 0.15) is 30.1 Å². The van der Waals surface area contributed by atoms with Crippen LogP contribution < -0.4 is 10.0 Å². The molecule has 0 bridgehead atoms. The Kier molecular flexibility index (Phi) is 5.36. The monoisotopic (exact) mass is 373 g/mol. The molecule has 9 nitrogen and oxygen atoms in total. The molecule has 0 spiro atoms. The summed E-state index contributed by atoms with van der Waals surface area (Å²) in [7, 11) is -4.02. The number of primary sulfonamides is 1. The molecule has 2 aromatic rings. The number of sulfonamides is 1. The van der Waals surface area contributed by atoms with Gasteiger partial charge >= 0.3 is 5.97 Å². The molecule has 0 saturated carbocycles. The summed E-state index contributed by atoms with van der Waals surface area (Å²) < 4.78 is 32.0. The van der Waals surface area contributed by atoms with E-state index in [1.165, 1.54) is 23.2 Å². The van der Waals surface area contributed by atoms with Crippen molar-refractivity contribution in [3.63, 3.8) is 0 Å². The molecule has 1 amide bonds. The van der Waals surface area contributed by atoms with Crippen LogP contribution in [0, 0.1) is 0 Å². The molecule has 0 aliphatic carbocycles. The predicted molar refractivity (Wildman–Crippen MR) is 85.0 cm³/mol. The minimum atomic E-state index is -4.02. The number of anilines is 1. The van der Waals surface area contributed by atoms with Crippen LogP contribution in [0.15, 0.2) is 27.0 Å². The highest BCUT2D eigenvalue weighted by molar-refractivity contribution is 7.89. The van der Waals surface area contributed by atoms with E-state index in [0.29, 0.717) is 17.4 Å². The van der Waals surface area contributed by atoms with Gasteiger partial charge in [-0.3, -0.25) is 9.69 Å². The number of amides is 1. The normalized spacial score (nSPS) is 11.3. The molecule has 130 valence electrons. The van der Waals surface area contributed by atoms with Gasteiger partial charge in [-0.2, -0.15) is 0 Å². The fourth-order valence-electron chi connectivity index (χ4n) is 1.77. The second-order valence-electron chi connectivity index (χ2n) is 4.62. The molecular weight excluding hydrogens is 358 g/mol. The number of thiazole rings is 1. The summed E-state index contributed by atoms with van der Waals surface area (Å²) in [6.45, 7) is 3.59. The highest BCUT2D eigenvalue weighted by Gasteiger charge is 2.19. The van der Waals surface area contributed by atoms with Gasteiger partial charge in [0.2, 0.25) is 16.8 Å². The molecule has 0 saturated heterocycles. The van der Waals surface area contributed by atoms with E-state index in [9.17, 15) is 18.0 Å². The van der Waals surface area contributed by atoms with Crippen LogP contribution in [0.4, 0.5) is 5.13 Å². The SMILES string of the molecule is CCN(C(C)=O)c1nc(COC(=O)c2ccc(S(N)(=O)=O)o2)cs1. The molecule has 0 aliphatic heterocycles. The first-order valence-corrected chi connectivity index (χ1v) is 9.17. The zero-order chi connectivity index (χ0) is 17.9. The van der Waals surface area contributed by atoms with Gasteiger partial charge in [0.1, 0.15) is 6.61 Å². The van der Waals surface area contributed by atoms with E-state index in [2.05, 4.69) is 4.98 Å². The minimum Gasteiger partial charge on any atom is -0.453 e. The molecular formula is C13H15N3O6S2. The zero-order valence-electron chi connectivity index (χ0n) is 12.9. The van der Waals surface area contributed by atoms with Crippen molar-refractivity contribution in [3.05, 3.63) is 29.0 Å². The van der Waals surface area contributed by atoms with Crippen molar-refractivity contribution >= 4 is 38.4 Å². The van der Waals surface area contributed by atoms with E-state index in [1.54, 1.807) is 5.38 Å². The van der Waals surface area contributed by atoms with E-state index >= 15 is 0 Å². The number of nitrogens with zero attached hydrogens (tertiary/aromatic N) is 2. The molecule has 0 radical (unpaired) electrons. The van der Waals surface area contributed by atoms with Crippen LogP contribution in [0.25, 0.3) is 0 Å². The number of rotatable bonds is 6. The predicted octanol–water partition coefficient (Wildman–Crippen LogP) is 1.11. The Morgan fingerprint density at radius 2 is 2.12 bits per heavy atom. The topological polar surface area (TPSA) is 133 Å². The molecule has 2 rings (SSSR count). The zero-order valence-corrected chi connectivity index (χ0v) is 14.5. The Morgan fingerprint density at radius 1 is 1.42 bits per heavy atom. The molecule has 11 heteroatoms. The van der Waals surface area contributed by atoms with E-state index in [-0.39, 0.29) is 18.3 Å². The van der Waals surface area contributed by atoms with Crippen molar-refractivity contribution in [1.29, 1.82) is 0 Å². The first-order chi connectivity index (χ1) is 11.2. The lowest BCUT2D eigenvalue weighted by atomic mass is 10.4. The average Bonchev–Trinajstić information content (AvgIpc) is 3.14. The number of ether oxygens (including phenoxy) is 1. The Morgan fingerprint density at radius 3 is 2.67 bits per heavy atom. The smallest absolute Gasteiger partial charge is 0.374 e. The quantitative estimate of drug-likeness (QED) is 0.750. The largest absolute Gasteiger partial charge is 0.453 e. The standard InChI is InChI=1S/C13H15N3O6S2/c1-3-16(8(2)17)13-15-9(7-23-13)6-21-12(18)10-4-5-11(22-10)24(14,19)20/h4-5,7H,3,6H2,1-2H3,(H2,14,19,20). The van der Waals surface area contributed by atoms with Gasteiger partial charge < -0.3 is 9.15 Å². The minimum absolute atomic E-state index is 0.137. The maximum absolute atomic E-state index is 11.8. The van der Waals surface area contributed by atoms with Gasteiger partial charge in [-0.15, -0.1) is 11.3 Å². The maximum atomic E-state index is 11.8. The summed E-state index contributed by atoms with van der Waals surface area (Å²) in [6, 6.07) is 2.22. The highest BCUT2D eigenvalue weighted by atomic mass is 32.2. The van der Waals surface area contributed by atoms with Crippen molar-refractivity contribution in [1.82, 2.24) is 4.98 Å². The van der Waals surface area contributed by atoms with Gasteiger partial charge in [0.15, 0.2) is 5.13 Å². The number of furan rings is 1. The second-order valence-corrected chi connectivity index (χ2v) is 6.95. The molecule has 0 unspecified atom stereocenters. The van der Waals surface area contributed by atoms with Gasteiger partial charge in [-0.05, 0) is 19.1 Å². The summed E-state index contributed by atoms with van der Waals surface area (Å²) in [5.41, 5.74) is 0.460. The fourth-order valence-corrected chi connectivity index (χ4v) is 3.15. The maximum Gasteiger partial charge on any atom is 0.374 e. The summed E-state index contributed by atoms with van der Waals surface area (Å²) >= 11 is 1.25. The van der Waals surface area contributed by atoms with E-state index in [4.69, 9.17) is 14.3 Å². The Bertz CT molecular complexity index is 855. The molecule has 0 aromatic carbocycles. The van der Waals surface area contributed by atoms with Crippen molar-refractivity contribution in [2.24, 2.45) is 5.14 Å². The molecule has 24 heavy (non-hydrogen) atoms. The van der Waals surface area contributed by atoms with Crippen molar-refractivity contribution < 1.29 is 27.2 Å². The van der Waals surface area contributed by atoms with Crippen LogP contribution in [-0.2, 0) is 26.2 Å². The summed E-state index contributed by atoms with van der Waals surface area (Å²) in [4.78, 5) is 29.0. The number of aromatic nitrogens is 1. The van der Waals surface area contributed by atoms with Gasteiger partial charge in [0.05, 0.1) is 5.69 Å². The Hall–Kier alpha value is -2.24. The summed E-state index contributed by atoms with van der Waals surface area (Å²) in [6.07, 6.45) is 0.